The maximum Gasteiger partial charge on any atom is 0.410 e. The molecule has 2 aliphatic heterocycles. The van der Waals surface area contributed by atoms with Crippen LogP contribution in [0.2, 0.25) is 0 Å². The van der Waals surface area contributed by atoms with Gasteiger partial charge in [0.15, 0.2) is 0 Å². The minimum atomic E-state index is -0.866. The normalized spacial score (nSPS) is 17.4. The van der Waals surface area contributed by atoms with Crippen LogP contribution in [0.5, 0.6) is 5.75 Å². The highest BCUT2D eigenvalue weighted by atomic mass is 19.1. The molecule has 2 N–H and O–H groups in total. The van der Waals surface area contributed by atoms with E-state index in [-0.39, 0.29) is 36.6 Å². The molecule has 1 saturated heterocycles. The highest BCUT2D eigenvalue weighted by Gasteiger charge is 2.31. The largest absolute Gasteiger partial charge is 0.493 e. The average molecular weight is 662 g/mol. The number of ether oxygens (including phenoxy) is 5. The third-order valence-corrected chi connectivity index (χ3v) is 8.14. The molecule has 2 heterocycles. The summed E-state index contributed by atoms with van der Waals surface area (Å²) in [4.78, 5) is 28.3. The van der Waals surface area contributed by atoms with Gasteiger partial charge in [0.25, 0.3) is 5.91 Å². The Hall–Kier alpha value is -3.32. The summed E-state index contributed by atoms with van der Waals surface area (Å²) in [5.74, 6) is -1.08. The number of nitrogens with one attached hydrogen (secondary N) is 2. The second-order valence-electron chi connectivity index (χ2n) is 13.0. The van der Waals surface area contributed by atoms with Crippen molar-refractivity contribution in [3.05, 3.63) is 64.2 Å². The Kier molecular flexibility index (Phi) is 13.4. The molecule has 4 rings (SSSR count). The highest BCUT2D eigenvalue weighted by Crippen LogP contribution is 2.38. The minimum absolute atomic E-state index is 0.179. The van der Waals surface area contributed by atoms with Crippen molar-refractivity contribution in [2.75, 3.05) is 59.9 Å². The summed E-state index contributed by atoms with van der Waals surface area (Å²) in [6.07, 6.45) is 1.76. The van der Waals surface area contributed by atoms with E-state index in [9.17, 15) is 18.4 Å². The zero-order valence-electron chi connectivity index (χ0n) is 28.2. The van der Waals surface area contributed by atoms with Crippen LogP contribution in [0.3, 0.4) is 0 Å². The fourth-order valence-corrected chi connectivity index (χ4v) is 5.83. The molecule has 260 valence electrons. The zero-order valence-corrected chi connectivity index (χ0v) is 28.2. The maximum absolute atomic E-state index is 14.4. The van der Waals surface area contributed by atoms with Crippen molar-refractivity contribution >= 4 is 12.0 Å². The third-order valence-electron chi connectivity index (χ3n) is 8.14. The number of halogens is 2. The Morgan fingerprint density at radius 3 is 2.55 bits per heavy atom. The molecule has 2 aliphatic rings. The number of likely N-dealkylation sites (N-methyl/N-ethyl adjacent to an activating group) is 1. The van der Waals surface area contributed by atoms with E-state index in [1.165, 1.54) is 12.1 Å². The van der Waals surface area contributed by atoms with Gasteiger partial charge in [0.1, 0.15) is 29.1 Å². The van der Waals surface area contributed by atoms with Gasteiger partial charge in [-0.2, -0.15) is 0 Å². The van der Waals surface area contributed by atoms with Gasteiger partial charge in [-0.1, -0.05) is 0 Å². The van der Waals surface area contributed by atoms with Crippen LogP contribution in [0.4, 0.5) is 13.6 Å². The molecule has 0 radical (unpaired) electrons. The summed E-state index contributed by atoms with van der Waals surface area (Å²) < 4.78 is 57.5. The lowest BCUT2D eigenvalue weighted by Crippen LogP contribution is -2.48. The Morgan fingerprint density at radius 2 is 1.87 bits per heavy atom. The number of rotatable bonds is 15. The molecule has 0 aliphatic carbocycles. The number of hydrogen-bond donors (Lipinski definition) is 2. The van der Waals surface area contributed by atoms with Gasteiger partial charge < -0.3 is 33.9 Å². The molecule has 0 spiro atoms. The fourth-order valence-electron chi connectivity index (χ4n) is 5.83. The van der Waals surface area contributed by atoms with Crippen molar-refractivity contribution in [2.24, 2.45) is 5.92 Å². The van der Waals surface area contributed by atoms with Crippen molar-refractivity contribution in [3.8, 4) is 5.75 Å². The van der Waals surface area contributed by atoms with E-state index < -0.39 is 29.4 Å². The van der Waals surface area contributed by atoms with E-state index in [2.05, 4.69) is 10.6 Å². The standard InChI is InChI=1S/C35H49F2N3O7/c1-6-43-22-38-10-13-46-32(24-15-26(36)19-27(37)16-24)30-17-25(18-31-29(30)9-12-45-31)33(41)39-20-28(14-23-8-7-11-44-21-23)40(5)34(42)47-35(2,3)4/h15-19,23,28,32,38H,6-14,20-22H2,1-5H3,(H,39,41)/t23-,28+,32?/m1/s1. The Bertz CT molecular complexity index is 1330. The number of carbonyl (C=O) groups is 2. The molecule has 0 bridgehead atoms. The summed E-state index contributed by atoms with van der Waals surface area (Å²) in [5, 5.41) is 6.11. The van der Waals surface area contributed by atoms with Crippen molar-refractivity contribution in [1.29, 1.82) is 0 Å². The summed E-state index contributed by atoms with van der Waals surface area (Å²) in [7, 11) is 1.68. The number of benzene rings is 2. The molecule has 2 aromatic rings. The maximum atomic E-state index is 14.4. The van der Waals surface area contributed by atoms with Crippen molar-refractivity contribution in [3.63, 3.8) is 0 Å². The van der Waals surface area contributed by atoms with Crippen LogP contribution in [0.1, 0.15) is 80.1 Å². The highest BCUT2D eigenvalue weighted by molar-refractivity contribution is 5.95. The van der Waals surface area contributed by atoms with Gasteiger partial charge in [-0.25, -0.2) is 13.6 Å². The average Bonchev–Trinajstić information content (AvgIpc) is 3.50. The molecule has 1 unspecified atom stereocenters. The predicted molar refractivity (Wildman–Crippen MR) is 173 cm³/mol. The van der Waals surface area contributed by atoms with E-state index in [4.69, 9.17) is 23.7 Å². The second kappa shape index (κ2) is 17.2. The first-order valence-electron chi connectivity index (χ1n) is 16.4. The smallest absolute Gasteiger partial charge is 0.410 e. The van der Waals surface area contributed by atoms with Crippen molar-refractivity contribution in [1.82, 2.24) is 15.5 Å². The number of amides is 2. The van der Waals surface area contributed by atoms with Crippen molar-refractivity contribution < 1.29 is 42.1 Å². The van der Waals surface area contributed by atoms with E-state index >= 15 is 0 Å². The first kappa shape index (κ1) is 36.5. The van der Waals surface area contributed by atoms with Gasteiger partial charge in [0, 0.05) is 63.6 Å². The van der Waals surface area contributed by atoms with Crippen LogP contribution < -0.4 is 15.4 Å². The first-order chi connectivity index (χ1) is 22.4. The van der Waals surface area contributed by atoms with Crippen LogP contribution in [-0.4, -0.2) is 88.4 Å². The molecule has 1 fully saturated rings. The molecule has 10 nitrogen and oxygen atoms in total. The van der Waals surface area contributed by atoms with Gasteiger partial charge in [-0.3, -0.25) is 10.1 Å². The summed E-state index contributed by atoms with van der Waals surface area (Å²) in [6.45, 7) is 10.8. The van der Waals surface area contributed by atoms with E-state index in [0.717, 1.165) is 31.1 Å². The van der Waals surface area contributed by atoms with Gasteiger partial charge in [-0.15, -0.1) is 0 Å². The topological polar surface area (TPSA) is 108 Å². The third kappa shape index (κ3) is 10.9. The Balaban J connectivity index is 1.57. The fraction of sp³-hybridized carbons (Fsp3) is 0.600. The lowest BCUT2D eigenvalue weighted by molar-refractivity contribution is 0.0112. The molecule has 0 saturated carbocycles. The first-order valence-corrected chi connectivity index (χ1v) is 16.4. The molecule has 2 aromatic carbocycles. The number of hydrogen-bond acceptors (Lipinski definition) is 8. The van der Waals surface area contributed by atoms with Crippen LogP contribution in [0, 0.1) is 17.6 Å². The zero-order chi connectivity index (χ0) is 34.0. The van der Waals surface area contributed by atoms with Gasteiger partial charge >= 0.3 is 6.09 Å². The van der Waals surface area contributed by atoms with E-state index in [1.54, 1.807) is 24.1 Å². The molecular weight excluding hydrogens is 612 g/mol. The molecule has 47 heavy (non-hydrogen) atoms. The quantitative estimate of drug-likeness (QED) is 0.194. The van der Waals surface area contributed by atoms with Crippen molar-refractivity contribution in [2.45, 2.75) is 71.1 Å². The van der Waals surface area contributed by atoms with E-state index in [1.807, 2.05) is 27.7 Å². The monoisotopic (exact) mass is 661 g/mol. The second-order valence-corrected chi connectivity index (χ2v) is 13.0. The number of fused-ring (bicyclic) bond motifs is 1. The Labute approximate surface area is 276 Å². The summed E-state index contributed by atoms with van der Waals surface area (Å²) in [5.41, 5.74) is 1.34. The number of carbonyl (C=O) groups excluding carboxylic acids is 2. The minimum Gasteiger partial charge on any atom is -0.493 e. The molecule has 3 atom stereocenters. The summed E-state index contributed by atoms with van der Waals surface area (Å²) in [6, 6.07) is 6.32. The molecule has 2 amide bonds. The molecule has 12 heteroatoms. The lowest BCUT2D eigenvalue weighted by Gasteiger charge is -2.34. The van der Waals surface area contributed by atoms with Crippen LogP contribution in [-0.2, 0) is 25.4 Å². The predicted octanol–water partition coefficient (Wildman–Crippen LogP) is 5.37. The molecular formula is C35H49F2N3O7. The molecule has 0 aromatic heterocycles. The number of nitrogens with zero attached hydrogens (tertiary/aromatic N) is 1. The van der Waals surface area contributed by atoms with Crippen LogP contribution in [0.15, 0.2) is 30.3 Å². The van der Waals surface area contributed by atoms with Crippen LogP contribution >= 0.6 is 0 Å². The SMILES string of the molecule is CCOCNCCOC(c1cc(F)cc(F)c1)c1cc(C(=O)NC[C@H](C[C@H]2CCCOC2)N(C)C(=O)OC(C)(C)C)cc2c1CCO2. The van der Waals surface area contributed by atoms with E-state index in [0.29, 0.717) is 62.8 Å². The van der Waals surface area contributed by atoms with Crippen LogP contribution in [0.25, 0.3) is 0 Å². The van der Waals surface area contributed by atoms with Gasteiger partial charge in [0.05, 0.1) is 26.0 Å². The Morgan fingerprint density at radius 1 is 1.11 bits per heavy atom. The lowest BCUT2D eigenvalue weighted by atomic mass is 9.92. The van der Waals surface area contributed by atoms with Gasteiger partial charge in [0.2, 0.25) is 0 Å². The van der Waals surface area contributed by atoms with Gasteiger partial charge in [-0.05, 0) is 88.3 Å². The summed E-state index contributed by atoms with van der Waals surface area (Å²) >= 11 is 0.